The molecule has 0 unspecified atom stereocenters. The minimum Gasteiger partial charge on any atom is -0.464 e. The van der Waals surface area contributed by atoms with Crippen LogP contribution in [0.25, 0.3) is 5.82 Å². The topological polar surface area (TPSA) is 108 Å². The van der Waals surface area contributed by atoms with Crippen molar-refractivity contribution in [2.24, 2.45) is 0 Å². The molecular formula is C16H15N7O3. The second kappa shape index (κ2) is 6.39. The number of hydrogen-bond acceptors (Lipinski definition) is 7. The van der Waals surface area contributed by atoms with Crippen LogP contribution in [0.4, 0.5) is 0 Å². The average molecular weight is 353 g/mol. The zero-order chi connectivity index (χ0) is 18.1. The molecule has 0 spiro atoms. The molecular weight excluding hydrogens is 338 g/mol. The molecule has 26 heavy (non-hydrogen) atoms. The van der Waals surface area contributed by atoms with E-state index in [1.54, 1.807) is 38.5 Å². The third kappa shape index (κ3) is 2.81. The number of esters is 1. The maximum absolute atomic E-state index is 12.9. The predicted molar refractivity (Wildman–Crippen MR) is 87.5 cm³/mol. The SMILES string of the molecule is COC(=O)c1cc2n(n1)CCN(C(=O)c1ccnc(-n3cnnc3)c1)C2. The number of hydrogen-bond donors (Lipinski definition) is 0. The predicted octanol–water partition coefficient (Wildman–Crippen LogP) is 0.301. The first-order valence-electron chi connectivity index (χ1n) is 7.91. The summed E-state index contributed by atoms with van der Waals surface area (Å²) in [6.07, 6.45) is 4.61. The van der Waals surface area contributed by atoms with Crippen molar-refractivity contribution in [3.8, 4) is 5.82 Å². The Bertz CT molecular complexity index is 964. The molecule has 0 radical (unpaired) electrons. The Morgan fingerprint density at radius 2 is 1.96 bits per heavy atom. The van der Waals surface area contributed by atoms with Crippen molar-refractivity contribution in [3.05, 3.63) is 54.0 Å². The lowest BCUT2D eigenvalue weighted by Gasteiger charge is -2.27. The maximum Gasteiger partial charge on any atom is 0.358 e. The summed E-state index contributed by atoms with van der Waals surface area (Å²) in [5.74, 6) is -0.0397. The van der Waals surface area contributed by atoms with Crippen LogP contribution in [0, 0.1) is 0 Å². The Morgan fingerprint density at radius 3 is 2.73 bits per heavy atom. The van der Waals surface area contributed by atoms with Gasteiger partial charge in [-0.3, -0.25) is 14.0 Å². The third-order valence-electron chi connectivity index (χ3n) is 4.16. The highest BCUT2D eigenvalue weighted by molar-refractivity contribution is 5.94. The van der Waals surface area contributed by atoms with Gasteiger partial charge in [0.15, 0.2) is 5.69 Å². The minimum atomic E-state index is -0.488. The van der Waals surface area contributed by atoms with Crippen molar-refractivity contribution in [2.75, 3.05) is 13.7 Å². The van der Waals surface area contributed by atoms with Gasteiger partial charge in [0.2, 0.25) is 0 Å². The highest BCUT2D eigenvalue weighted by Crippen LogP contribution is 2.17. The van der Waals surface area contributed by atoms with Crippen molar-refractivity contribution in [2.45, 2.75) is 13.1 Å². The molecule has 0 aliphatic carbocycles. The second-order valence-corrected chi connectivity index (χ2v) is 5.73. The van der Waals surface area contributed by atoms with Gasteiger partial charge >= 0.3 is 5.97 Å². The zero-order valence-corrected chi connectivity index (χ0v) is 13.9. The number of nitrogens with zero attached hydrogens (tertiary/aromatic N) is 7. The molecule has 1 aliphatic rings. The molecule has 3 aromatic heterocycles. The fourth-order valence-corrected chi connectivity index (χ4v) is 2.84. The summed E-state index contributed by atoms with van der Waals surface area (Å²) in [6.45, 7) is 1.38. The lowest BCUT2D eigenvalue weighted by Crippen LogP contribution is -2.38. The molecule has 0 aromatic carbocycles. The fourth-order valence-electron chi connectivity index (χ4n) is 2.84. The number of ether oxygens (including phenoxy) is 1. The summed E-state index contributed by atoms with van der Waals surface area (Å²) in [4.78, 5) is 30.4. The van der Waals surface area contributed by atoms with Gasteiger partial charge in [0.05, 0.1) is 25.9 Å². The first kappa shape index (κ1) is 15.9. The van der Waals surface area contributed by atoms with Crippen LogP contribution in [0.3, 0.4) is 0 Å². The van der Waals surface area contributed by atoms with Crippen LogP contribution in [0.5, 0.6) is 0 Å². The Hall–Kier alpha value is -3.56. The van der Waals surface area contributed by atoms with Crippen molar-refractivity contribution in [1.29, 1.82) is 0 Å². The van der Waals surface area contributed by atoms with Crippen LogP contribution in [0.1, 0.15) is 26.5 Å². The van der Waals surface area contributed by atoms with Crippen molar-refractivity contribution < 1.29 is 14.3 Å². The molecule has 0 bridgehead atoms. The standard InChI is InChI=1S/C16H15N7O3/c1-26-16(25)13-7-12-8-21(4-5-23(12)20-13)15(24)11-2-3-17-14(6-11)22-9-18-19-10-22/h2-3,6-7,9-10H,4-5,8H2,1H3. The number of aromatic nitrogens is 6. The first-order valence-corrected chi connectivity index (χ1v) is 7.91. The van der Waals surface area contributed by atoms with Crippen molar-refractivity contribution in [1.82, 2.24) is 34.4 Å². The largest absolute Gasteiger partial charge is 0.464 e. The Balaban J connectivity index is 1.55. The molecule has 4 rings (SSSR count). The molecule has 132 valence electrons. The monoisotopic (exact) mass is 353 g/mol. The number of carbonyl (C=O) groups is 2. The number of pyridine rings is 1. The molecule has 0 saturated carbocycles. The van der Waals surface area contributed by atoms with Gasteiger partial charge in [-0.15, -0.1) is 10.2 Å². The Labute approximate surface area is 148 Å². The van der Waals surface area contributed by atoms with E-state index < -0.39 is 5.97 Å². The molecule has 10 nitrogen and oxygen atoms in total. The maximum atomic E-state index is 12.9. The van der Waals surface area contributed by atoms with Gasteiger partial charge in [-0.1, -0.05) is 0 Å². The normalized spacial score (nSPS) is 13.3. The van der Waals surface area contributed by atoms with Crippen LogP contribution in [0.2, 0.25) is 0 Å². The summed E-state index contributed by atoms with van der Waals surface area (Å²) in [5.41, 5.74) is 1.55. The molecule has 3 aromatic rings. The van der Waals surface area contributed by atoms with E-state index in [-0.39, 0.29) is 11.6 Å². The molecule has 0 atom stereocenters. The molecule has 10 heteroatoms. The highest BCUT2D eigenvalue weighted by Gasteiger charge is 2.25. The lowest BCUT2D eigenvalue weighted by molar-refractivity contribution is 0.0591. The van der Waals surface area contributed by atoms with Gasteiger partial charge in [-0.25, -0.2) is 9.78 Å². The molecule has 0 fully saturated rings. The van der Waals surface area contributed by atoms with Crippen LogP contribution in [0.15, 0.2) is 37.1 Å². The highest BCUT2D eigenvalue weighted by atomic mass is 16.5. The van der Waals surface area contributed by atoms with Crippen LogP contribution in [-0.2, 0) is 17.8 Å². The number of carbonyl (C=O) groups excluding carboxylic acids is 2. The summed E-state index contributed by atoms with van der Waals surface area (Å²) in [6, 6.07) is 5.01. The molecule has 0 N–H and O–H groups in total. The zero-order valence-electron chi connectivity index (χ0n) is 13.9. The van der Waals surface area contributed by atoms with Gasteiger partial charge in [0, 0.05) is 18.3 Å². The number of rotatable bonds is 3. The quantitative estimate of drug-likeness (QED) is 0.623. The van der Waals surface area contributed by atoms with E-state index in [0.717, 1.165) is 5.69 Å². The van der Waals surface area contributed by atoms with Gasteiger partial charge in [0.1, 0.15) is 18.5 Å². The fraction of sp³-hybridized carbons (Fsp3) is 0.250. The second-order valence-electron chi connectivity index (χ2n) is 5.73. The summed E-state index contributed by atoms with van der Waals surface area (Å²) in [7, 11) is 1.31. The summed E-state index contributed by atoms with van der Waals surface area (Å²) >= 11 is 0. The van der Waals surface area contributed by atoms with E-state index in [2.05, 4.69) is 20.3 Å². The molecule has 1 aliphatic heterocycles. The van der Waals surface area contributed by atoms with Crippen LogP contribution >= 0.6 is 0 Å². The van der Waals surface area contributed by atoms with Gasteiger partial charge in [0.25, 0.3) is 5.91 Å². The third-order valence-corrected chi connectivity index (χ3v) is 4.16. The first-order chi connectivity index (χ1) is 12.7. The number of methoxy groups -OCH3 is 1. The summed E-state index contributed by atoms with van der Waals surface area (Å²) in [5, 5.41) is 11.7. The van der Waals surface area contributed by atoms with Crippen LogP contribution < -0.4 is 0 Å². The van der Waals surface area contributed by atoms with Gasteiger partial charge in [-0.05, 0) is 18.2 Å². The Kier molecular flexibility index (Phi) is 3.92. The van der Waals surface area contributed by atoms with E-state index in [1.165, 1.54) is 19.8 Å². The molecule has 1 amide bonds. The Morgan fingerprint density at radius 1 is 1.15 bits per heavy atom. The van der Waals surface area contributed by atoms with E-state index in [1.807, 2.05) is 0 Å². The average Bonchev–Trinajstić information content (AvgIpc) is 3.36. The van der Waals surface area contributed by atoms with E-state index in [4.69, 9.17) is 4.74 Å². The molecule has 4 heterocycles. The van der Waals surface area contributed by atoms with Crippen molar-refractivity contribution >= 4 is 11.9 Å². The van der Waals surface area contributed by atoms with Crippen molar-refractivity contribution in [3.63, 3.8) is 0 Å². The smallest absolute Gasteiger partial charge is 0.358 e. The van der Waals surface area contributed by atoms with E-state index >= 15 is 0 Å². The van der Waals surface area contributed by atoms with E-state index in [9.17, 15) is 9.59 Å². The number of amides is 1. The molecule has 0 saturated heterocycles. The van der Waals surface area contributed by atoms with Crippen LogP contribution in [-0.4, -0.2) is 60.0 Å². The lowest BCUT2D eigenvalue weighted by atomic mass is 10.2. The van der Waals surface area contributed by atoms with Gasteiger partial charge < -0.3 is 9.64 Å². The van der Waals surface area contributed by atoms with E-state index in [0.29, 0.717) is 31.0 Å². The number of fused-ring (bicyclic) bond motifs is 1. The minimum absolute atomic E-state index is 0.117. The summed E-state index contributed by atoms with van der Waals surface area (Å²) < 4.78 is 8.05. The van der Waals surface area contributed by atoms with Gasteiger partial charge in [-0.2, -0.15) is 5.10 Å².